The molecule has 2 aromatic carbocycles. The highest BCUT2D eigenvalue weighted by Crippen LogP contribution is 2.06. The van der Waals surface area contributed by atoms with Crippen LogP contribution in [0.15, 0.2) is 60.7 Å². The summed E-state index contributed by atoms with van der Waals surface area (Å²) in [4.78, 5) is 74.0. The summed E-state index contributed by atoms with van der Waals surface area (Å²) in [6.45, 7) is 4.66. The summed E-state index contributed by atoms with van der Waals surface area (Å²) in [7, 11) is 0. The molecule has 0 radical (unpaired) electrons. The lowest BCUT2D eigenvalue weighted by atomic mass is 10.0. The minimum Gasteiger partial charge on any atom is -0.465 e. The molecule has 0 heterocycles. The van der Waals surface area contributed by atoms with Gasteiger partial charge in [0, 0.05) is 13.0 Å². The molecule has 2 aromatic rings. The second-order valence-corrected chi connectivity index (χ2v) is 10.2. The molecule has 0 aliphatic rings. The average molecular weight is 582 g/mol. The van der Waals surface area contributed by atoms with Crippen LogP contribution in [0.25, 0.3) is 0 Å². The SMILES string of the molecule is CC(C)C[C@H](NC(=O)O)C(=O)NC(C)C(=O)C(=O)NCC(=O)N[C@@H](Cc1ccccc1)C(=O)NCCc1ccccc1. The van der Waals surface area contributed by atoms with Crippen molar-refractivity contribution < 1.29 is 33.9 Å². The van der Waals surface area contributed by atoms with E-state index in [1.54, 1.807) is 13.8 Å². The van der Waals surface area contributed by atoms with Gasteiger partial charge < -0.3 is 31.7 Å². The van der Waals surface area contributed by atoms with Crippen LogP contribution in [-0.4, -0.2) is 71.8 Å². The Labute approximate surface area is 245 Å². The molecule has 5 amide bonds. The van der Waals surface area contributed by atoms with Crippen molar-refractivity contribution in [3.63, 3.8) is 0 Å². The van der Waals surface area contributed by atoms with E-state index < -0.39 is 60.2 Å². The summed E-state index contributed by atoms with van der Waals surface area (Å²) in [5, 5.41) is 21.1. The van der Waals surface area contributed by atoms with Crippen LogP contribution in [0.3, 0.4) is 0 Å². The van der Waals surface area contributed by atoms with Crippen molar-refractivity contribution in [3.05, 3.63) is 71.8 Å². The molecule has 0 saturated carbocycles. The van der Waals surface area contributed by atoms with Crippen LogP contribution in [0, 0.1) is 5.92 Å². The Balaban J connectivity index is 1.92. The maximum absolute atomic E-state index is 13.0. The molecule has 0 saturated heterocycles. The fraction of sp³-hybridized carbons (Fsp3) is 0.400. The van der Waals surface area contributed by atoms with Crippen LogP contribution < -0.4 is 26.6 Å². The van der Waals surface area contributed by atoms with Crippen molar-refractivity contribution in [1.82, 2.24) is 26.6 Å². The minimum atomic E-state index is -1.39. The van der Waals surface area contributed by atoms with Gasteiger partial charge in [-0.25, -0.2) is 4.79 Å². The third kappa shape index (κ3) is 12.2. The second-order valence-electron chi connectivity index (χ2n) is 10.2. The Bertz CT molecular complexity index is 1220. The maximum atomic E-state index is 13.0. The number of carboxylic acid groups (broad SMARTS) is 1. The standard InChI is InChI=1S/C30H39N5O7/c1-19(2)16-23(35-30(41)42)28(39)33-20(3)26(37)29(40)32-18-25(36)34-24(17-22-12-8-5-9-13-22)27(38)31-15-14-21-10-6-4-7-11-21/h4-13,19-20,23-24,35H,14-18H2,1-3H3,(H,31,38)(H,32,40)(H,33,39)(H,34,36)(H,41,42)/t20?,23-,24-/m0/s1. The van der Waals surface area contributed by atoms with Gasteiger partial charge in [0.2, 0.25) is 23.5 Å². The van der Waals surface area contributed by atoms with Crippen molar-refractivity contribution in [2.24, 2.45) is 5.92 Å². The molecule has 0 bridgehead atoms. The Kier molecular flexibility index (Phi) is 13.7. The summed E-state index contributed by atoms with van der Waals surface area (Å²) in [5.41, 5.74) is 1.87. The number of carbonyl (C=O) groups excluding carboxylic acids is 5. The fourth-order valence-electron chi connectivity index (χ4n) is 4.08. The molecule has 0 aliphatic carbocycles. The normalized spacial score (nSPS) is 12.8. The van der Waals surface area contributed by atoms with Gasteiger partial charge in [0.15, 0.2) is 0 Å². The van der Waals surface area contributed by atoms with E-state index in [4.69, 9.17) is 5.11 Å². The monoisotopic (exact) mass is 581 g/mol. The Morgan fingerprint density at radius 1 is 0.714 bits per heavy atom. The number of ketones is 1. The van der Waals surface area contributed by atoms with E-state index in [2.05, 4.69) is 26.6 Å². The van der Waals surface area contributed by atoms with Gasteiger partial charge in [0.1, 0.15) is 12.1 Å². The third-order valence-corrected chi connectivity index (χ3v) is 6.20. The number of benzene rings is 2. The van der Waals surface area contributed by atoms with Crippen molar-refractivity contribution in [2.75, 3.05) is 13.1 Å². The van der Waals surface area contributed by atoms with E-state index in [0.717, 1.165) is 11.1 Å². The molecule has 0 spiro atoms. The van der Waals surface area contributed by atoms with Gasteiger partial charge in [-0.15, -0.1) is 0 Å². The van der Waals surface area contributed by atoms with Crippen LogP contribution >= 0.6 is 0 Å². The molecule has 6 N–H and O–H groups in total. The molecule has 12 nitrogen and oxygen atoms in total. The molecule has 42 heavy (non-hydrogen) atoms. The first-order valence-corrected chi connectivity index (χ1v) is 13.7. The predicted octanol–water partition coefficient (Wildman–Crippen LogP) is 0.945. The summed E-state index contributed by atoms with van der Waals surface area (Å²) in [6, 6.07) is 15.4. The summed E-state index contributed by atoms with van der Waals surface area (Å²) < 4.78 is 0. The van der Waals surface area contributed by atoms with Crippen molar-refractivity contribution in [3.8, 4) is 0 Å². The lowest BCUT2D eigenvalue weighted by Gasteiger charge is -2.21. The van der Waals surface area contributed by atoms with E-state index in [0.29, 0.717) is 13.0 Å². The molecular formula is C30H39N5O7. The first kappa shape index (κ1) is 33.5. The van der Waals surface area contributed by atoms with Crippen molar-refractivity contribution in [2.45, 2.75) is 58.2 Å². The minimum absolute atomic E-state index is 0.0166. The Hall–Kier alpha value is -4.74. The topological polar surface area (TPSA) is 183 Å². The van der Waals surface area contributed by atoms with Gasteiger partial charge in [-0.05, 0) is 36.8 Å². The molecule has 0 aliphatic heterocycles. The zero-order chi connectivity index (χ0) is 31.1. The molecule has 3 atom stereocenters. The number of hydrogen-bond donors (Lipinski definition) is 6. The van der Waals surface area contributed by atoms with Gasteiger partial charge in [-0.3, -0.25) is 24.0 Å². The molecule has 2 rings (SSSR count). The summed E-state index contributed by atoms with van der Waals surface area (Å²) in [6.07, 6.45) is -0.387. The third-order valence-electron chi connectivity index (χ3n) is 6.20. The maximum Gasteiger partial charge on any atom is 0.405 e. The summed E-state index contributed by atoms with van der Waals surface area (Å²) >= 11 is 0. The molecule has 0 aromatic heterocycles. The van der Waals surface area contributed by atoms with E-state index in [9.17, 15) is 28.8 Å². The Morgan fingerprint density at radius 2 is 1.31 bits per heavy atom. The second kappa shape index (κ2) is 17.2. The molecule has 0 fully saturated rings. The largest absolute Gasteiger partial charge is 0.465 e. The van der Waals surface area contributed by atoms with Gasteiger partial charge in [-0.2, -0.15) is 0 Å². The number of carbonyl (C=O) groups is 6. The smallest absolute Gasteiger partial charge is 0.405 e. The number of rotatable bonds is 16. The van der Waals surface area contributed by atoms with Crippen LogP contribution in [0.2, 0.25) is 0 Å². The number of Topliss-reactive ketones (excluding diaryl/α,β-unsaturated/α-hetero) is 1. The zero-order valence-electron chi connectivity index (χ0n) is 24.0. The lowest BCUT2D eigenvalue weighted by molar-refractivity contribution is -0.140. The molecule has 12 heteroatoms. The van der Waals surface area contributed by atoms with E-state index in [-0.39, 0.29) is 18.8 Å². The molecule has 1 unspecified atom stereocenters. The zero-order valence-corrected chi connectivity index (χ0v) is 24.0. The van der Waals surface area contributed by atoms with E-state index in [1.165, 1.54) is 6.92 Å². The van der Waals surface area contributed by atoms with Crippen molar-refractivity contribution >= 4 is 35.5 Å². The van der Waals surface area contributed by atoms with Crippen LogP contribution in [-0.2, 0) is 36.8 Å². The van der Waals surface area contributed by atoms with Crippen LogP contribution in [0.1, 0.15) is 38.3 Å². The highest BCUT2D eigenvalue weighted by atomic mass is 16.4. The van der Waals surface area contributed by atoms with Gasteiger partial charge in [-0.1, -0.05) is 74.5 Å². The molecule has 226 valence electrons. The van der Waals surface area contributed by atoms with Gasteiger partial charge >= 0.3 is 6.09 Å². The van der Waals surface area contributed by atoms with Crippen molar-refractivity contribution in [1.29, 1.82) is 0 Å². The predicted molar refractivity (Wildman–Crippen MR) is 155 cm³/mol. The number of hydrogen-bond acceptors (Lipinski definition) is 6. The molecular weight excluding hydrogens is 542 g/mol. The van der Waals surface area contributed by atoms with Crippen LogP contribution in [0.4, 0.5) is 4.79 Å². The van der Waals surface area contributed by atoms with Gasteiger partial charge in [0.25, 0.3) is 5.91 Å². The first-order chi connectivity index (χ1) is 20.0. The highest BCUT2D eigenvalue weighted by molar-refractivity contribution is 6.38. The quantitative estimate of drug-likeness (QED) is 0.159. The summed E-state index contributed by atoms with van der Waals surface area (Å²) in [5.74, 6) is -3.98. The number of amides is 5. The average Bonchev–Trinajstić information content (AvgIpc) is 2.95. The highest BCUT2D eigenvalue weighted by Gasteiger charge is 2.28. The number of nitrogens with one attached hydrogen (secondary N) is 5. The lowest BCUT2D eigenvalue weighted by Crippen LogP contribution is -2.54. The Morgan fingerprint density at radius 3 is 1.88 bits per heavy atom. The fourth-order valence-corrected chi connectivity index (χ4v) is 4.08. The first-order valence-electron chi connectivity index (χ1n) is 13.7. The van der Waals surface area contributed by atoms with E-state index in [1.807, 2.05) is 60.7 Å². The van der Waals surface area contributed by atoms with Gasteiger partial charge in [0.05, 0.1) is 12.6 Å². The van der Waals surface area contributed by atoms with E-state index >= 15 is 0 Å². The van der Waals surface area contributed by atoms with Crippen LogP contribution in [0.5, 0.6) is 0 Å².